The van der Waals surface area contributed by atoms with Crippen LogP contribution in [0.15, 0.2) is 53.1 Å². The van der Waals surface area contributed by atoms with Gasteiger partial charge in [0.25, 0.3) is 0 Å². The number of methoxy groups -OCH3 is 1. The van der Waals surface area contributed by atoms with Crippen LogP contribution in [0.3, 0.4) is 0 Å². The molecule has 2 aromatic carbocycles. The fourth-order valence-corrected chi connectivity index (χ4v) is 2.80. The van der Waals surface area contributed by atoms with Crippen molar-refractivity contribution < 1.29 is 18.8 Å². The van der Waals surface area contributed by atoms with E-state index in [9.17, 15) is 4.79 Å². The zero-order valence-corrected chi connectivity index (χ0v) is 15.2. The molecule has 134 valence electrons. The van der Waals surface area contributed by atoms with E-state index in [1.54, 1.807) is 26.2 Å². The van der Waals surface area contributed by atoms with Gasteiger partial charge in [-0.1, -0.05) is 47.1 Å². The monoisotopic (exact) mass is 371 g/mol. The van der Waals surface area contributed by atoms with E-state index in [-0.39, 0.29) is 6.61 Å². The van der Waals surface area contributed by atoms with Crippen LogP contribution in [0.4, 0.5) is 0 Å². The molecule has 6 heteroatoms. The minimum Gasteiger partial charge on any atom is -0.497 e. The van der Waals surface area contributed by atoms with Crippen LogP contribution in [-0.2, 0) is 11.2 Å². The molecule has 0 fully saturated rings. The van der Waals surface area contributed by atoms with Gasteiger partial charge in [0.15, 0.2) is 0 Å². The number of halogens is 1. The van der Waals surface area contributed by atoms with Crippen molar-refractivity contribution in [2.24, 2.45) is 0 Å². The van der Waals surface area contributed by atoms with Crippen LogP contribution in [0.1, 0.15) is 21.7 Å². The lowest BCUT2D eigenvalue weighted by Crippen LogP contribution is -2.10. The number of aryl methyl sites for hydroxylation is 1. The molecule has 0 unspecified atom stereocenters. The number of hydrogen-bond acceptors (Lipinski definition) is 5. The number of aromatic nitrogens is 1. The standard InChI is InChI=1S/C20H18ClNO4/c1-13-18(19(22-26-13)16-5-3-4-6-17(16)21)20(23)25-12-11-14-7-9-15(24-2)10-8-14/h3-10H,11-12H2,1-2H3. The van der Waals surface area contributed by atoms with Gasteiger partial charge in [-0.3, -0.25) is 0 Å². The first-order valence-electron chi connectivity index (χ1n) is 8.11. The lowest BCUT2D eigenvalue weighted by atomic mass is 10.1. The number of ether oxygens (including phenoxy) is 2. The molecule has 0 aliphatic rings. The van der Waals surface area contributed by atoms with Gasteiger partial charge in [-0.25, -0.2) is 4.79 Å². The lowest BCUT2D eigenvalue weighted by Gasteiger charge is -2.07. The van der Waals surface area contributed by atoms with Crippen molar-refractivity contribution in [2.75, 3.05) is 13.7 Å². The van der Waals surface area contributed by atoms with E-state index >= 15 is 0 Å². The van der Waals surface area contributed by atoms with Gasteiger partial charge in [0.05, 0.1) is 18.7 Å². The number of carbonyl (C=O) groups is 1. The van der Waals surface area contributed by atoms with Gasteiger partial charge < -0.3 is 14.0 Å². The highest BCUT2D eigenvalue weighted by Crippen LogP contribution is 2.31. The van der Waals surface area contributed by atoms with Crippen LogP contribution in [0.5, 0.6) is 5.75 Å². The number of carbonyl (C=O) groups excluding carboxylic acids is 1. The molecule has 0 spiro atoms. The molecule has 26 heavy (non-hydrogen) atoms. The van der Waals surface area contributed by atoms with E-state index in [0.717, 1.165) is 11.3 Å². The Kier molecular flexibility index (Phi) is 5.58. The smallest absolute Gasteiger partial charge is 0.344 e. The first kappa shape index (κ1) is 18.0. The average molecular weight is 372 g/mol. The first-order chi connectivity index (χ1) is 12.6. The molecule has 0 N–H and O–H groups in total. The van der Waals surface area contributed by atoms with E-state index in [4.69, 9.17) is 25.6 Å². The highest BCUT2D eigenvalue weighted by atomic mass is 35.5. The van der Waals surface area contributed by atoms with Gasteiger partial charge in [0.1, 0.15) is 22.8 Å². The van der Waals surface area contributed by atoms with Gasteiger partial charge in [0.2, 0.25) is 0 Å². The molecule has 0 aliphatic carbocycles. The third kappa shape index (κ3) is 3.89. The fraction of sp³-hybridized carbons (Fsp3) is 0.200. The quantitative estimate of drug-likeness (QED) is 0.587. The van der Waals surface area contributed by atoms with Crippen LogP contribution in [0.25, 0.3) is 11.3 Å². The summed E-state index contributed by atoms with van der Waals surface area (Å²) in [7, 11) is 1.62. The van der Waals surface area contributed by atoms with Gasteiger partial charge >= 0.3 is 5.97 Å². The predicted octanol–water partition coefficient (Wildman–Crippen LogP) is 4.71. The summed E-state index contributed by atoms with van der Waals surface area (Å²) >= 11 is 6.21. The molecule has 3 rings (SSSR count). The summed E-state index contributed by atoms with van der Waals surface area (Å²) in [5.74, 6) is 0.705. The summed E-state index contributed by atoms with van der Waals surface area (Å²) in [5.41, 5.74) is 2.37. The van der Waals surface area contributed by atoms with Crippen LogP contribution >= 0.6 is 11.6 Å². The minimum atomic E-state index is -0.479. The summed E-state index contributed by atoms with van der Waals surface area (Å²) in [6.07, 6.45) is 0.599. The molecule has 0 bridgehead atoms. The fourth-order valence-electron chi connectivity index (χ4n) is 2.58. The Morgan fingerprint density at radius 2 is 1.88 bits per heavy atom. The van der Waals surface area contributed by atoms with Gasteiger partial charge in [-0.05, 0) is 30.7 Å². The molecule has 0 atom stereocenters. The topological polar surface area (TPSA) is 61.6 Å². The maximum Gasteiger partial charge on any atom is 0.344 e. The van der Waals surface area contributed by atoms with Crippen molar-refractivity contribution in [3.63, 3.8) is 0 Å². The maximum absolute atomic E-state index is 12.5. The van der Waals surface area contributed by atoms with E-state index in [1.807, 2.05) is 36.4 Å². The van der Waals surface area contributed by atoms with Crippen LogP contribution in [0, 0.1) is 6.92 Å². The second-order valence-electron chi connectivity index (χ2n) is 5.68. The molecule has 5 nitrogen and oxygen atoms in total. The number of rotatable bonds is 6. The van der Waals surface area contributed by atoms with Crippen molar-refractivity contribution in [1.82, 2.24) is 5.16 Å². The molecule has 0 saturated carbocycles. The number of benzene rings is 2. The normalized spacial score (nSPS) is 10.6. The third-order valence-corrected chi connectivity index (χ3v) is 4.31. The van der Waals surface area contributed by atoms with Crippen molar-refractivity contribution in [3.8, 4) is 17.0 Å². The van der Waals surface area contributed by atoms with E-state index in [2.05, 4.69) is 5.16 Å². The van der Waals surface area contributed by atoms with Gasteiger partial charge in [-0.2, -0.15) is 0 Å². The second kappa shape index (κ2) is 8.06. The minimum absolute atomic E-state index is 0.248. The van der Waals surface area contributed by atoms with E-state index < -0.39 is 5.97 Å². The summed E-state index contributed by atoms with van der Waals surface area (Å²) < 4.78 is 15.7. The first-order valence-corrected chi connectivity index (χ1v) is 8.49. The van der Waals surface area contributed by atoms with Crippen LogP contribution < -0.4 is 4.74 Å². The third-order valence-electron chi connectivity index (χ3n) is 3.98. The highest BCUT2D eigenvalue weighted by molar-refractivity contribution is 6.33. The SMILES string of the molecule is COc1ccc(CCOC(=O)c2c(-c3ccccc3Cl)noc2C)cc1. The number of hydrogen-bond donors (Lipinski definition) is 0. The van der Waals surface area contributed by atoms with Gasteiger partial charge in [0, 0.05) is 12.0 Å². The number of esters is 1. The molecule has 0 amide bonds. The molecular weight excluding hydrogens is 354 g/mol. The molecule has 0 saturated heterocycles. The summed E-state index contributed by atoms with van der Waals surface area (Å²) in [6, 6.07) is 14.8. The lowest BCUT2D eigenvalue weighted by molar-refractivity contribution is 0.0508. The zero-order valence-electron chi connectivity index (χ0n) is 14.5. The maximum atomic E-state index is 12.5. The Morgan fingerprint density at radius 1 is 1.15 bits per heavy atom. The summed E-state index contributed by atoms with van der Waals surface area (Å²) in [5, 5.41) is 4.47. The molecule has 0 aliphatic heterocycles. The van der Waals surface area contributed by atoms with Gasteiger partial charge in [-0.15, -0.1) is 0 Å². The van der Waals surface area contributed by atoms with E-state index in [0.29, 0.717) is 34.0 Å². The molecular formula is C20H18ClNO4. The Balaban J connectivity index is 1.70. The van der Waals surface area contributed by atoms with Crippen molar-refractivity contribution in [2.45, 2.75) is 13.3 Å². The summed E-state index contributed by atoms with van der Waals surface area (Å²) in [6.45, 7) is 1.92. The van der Waals surface area contributed by atoms with Crippen LogP contribution in [-0.4, -0.2) is 24.8 Å². The molecule has 1 aromatic heterocycles. The average Bonchev–Trinajstić information content (AvgIpc) is 3.04. The largest absolute Gasteiger partial charge is 0.497 e. The molecule has 1 heterocycles. The highest BCUT2D eigenvalue weighted by Gasteiger charge is 2.24. The Hall–Kier alpha value is -2.79. The zero-order chi connectivity index (χ0) is 18.5. The van der Waals surface area contributed by atoms with Crippen molar-refractivity contribution in [1.29, 1.82) is 0 Å². The predicted molar refractivity (Wildman–Crippen MR) is 98.7 cm³/mol. The molecule has 3 aromatic rings. The summed E-state index contributed by atoms with van der Waals surface area (Å²) in [4.78, 5) is 12.5. The van der Waals surface area contributed by atoms with E-state index in [1.165, 1.54) is 0 Å². The van der Waals surface area contributed by atoms with Crippen molar-refractivity contribution >= 4 is 17.6 Å². The second-order valence-corrected chi connectivity index (χ2v) is 6.08. The Labute approximate surface area is 156 Å². The van der Waals surface area contributed by atoms with Crippen molar-refractivity contribution in [3.05, 3.63) is 70.4 Å². The Bertz CT molecular complexity index is 902. The number of nitrogens with zero attached hydrogens (tertiary/aromatic N) is 1. The Morgan fingerprint density at radius 3 is 2.58 bits per heavy atom. The molecule has 0 radical (unpaired) electrons. The van der Waals surface area contributed by atoms with Crippen LogP contribution in [0.2, 0.25) is 5.02 Å².